The van der Waals surface area contributed by atoms with Crippen LogP contribution in [0.1, 0.15) is 15.9 Å². The number of benzene rings is 2. The van der Waals surface area contributed by atoms with Crippen LogP contribution in [-0.4, -0.2) is 54.1 Å². The van der Waals surface area contributed by atoms with Gasteiger partial charge in [-0.1, -0.05) is 17.7 Å². The van der Waals surface area contributed by atoms with Crippen molar-refractivity contribution < 1.29 is 14.5 Å². The van der Waals surface area contributed by atoms with E-state index >= 15 is 0 Å². The first-order valence-electron chi connectivity index (χ1n) is 9.24. The second kappa shape index (κ2) is 9.27. The molecule has 1 heterocycles. The van der Waals surface area contributed by atoms with Crippen LogP contribution in [0, 0.1) is 17.0 Å². The topological polar surface area (TPSA) is 88.0 Å². The summed E-state index contributed by atoms with van der Waals surface area (Å²) < 4.78 is 5.09. The lowest BCUT2D eigenvalue weighted by Gasteiger charge is -2.37. The van der Waals surface area contributed by atoms with E-state index in [9.17, 15) is 14.9 Å². The Bertz CT molecular complexity index is 993. The molecule has 0 unspecified atom stereocenters. The fourth-order valence-corrected chi connectivity index (χ4v) is 3.63. The number of nitro groups is 1. The van der Waals surface area contributed by atoms with Crippen molar-refractivity contribution in [3.8, 4) is 5.75 Å². The third kappa shape index (κ3) is 4.80. The molecular formula is C20H21ClN4O4S. The summed E-state index contributed by atoms with van der Waals surface area (Å²) in [4.78, 5) is 27.3. The fraction of sp³-hybridized carbons (Fsp3) is 0.300. The van der Waals surface area contributed by atoms with Crippen molar-refractivity contribution in [2.75, 3.05) is 38.2 Å². The minimum absolute atomic E-state index is 0.00470. The number of carbonyl (C=O) groups is 1. The van der Waals surface area contributed by atoms with Gasteiger partial charge in [0, 0.05) is 36.8 Å². The summed E-state index contributed by atoms with van der Waals surface area (Å²) >= 11 is 11.5. The van der Waals surface area contributed by atoms with Crippen molar-refractivity contribution in [1.82, 2.24) is 10.2 Å². The first kappa shape index (κ1) is 21.8. The van der Waals surface area contributed by atoms with Crippen LogP contribution in [0.2, 0.25) is 5.02 Å². The standard InChI is InChI=1S/C20H21ClN4O4S/c1-13-3-4-14(11-16(13)21)19(26)22-20(30)24-9-7-23(8-10-24)17-6-5-15(29-2)12-18(17)25(27)28/h3-6,11-12H,7-10H2,1-2H3,(H,22,26,30). The maximum Gasteiger partial charge on any atom is 0.296 e. The summed E-state index contributed by atoms with van der Waals surface area (Å²) in [7, 11) is 1.47. The van der Waals surface area contributed by atoms with Gasteiger partial charge in [0.1, 0.15) is 11.4 Å². The summed E-state index contributed by atoms with van der Waals surface area (Å²) in [6.07, 6.45) is 0. The van der Waals surface area contributed by atoms with Crippen LogP contribution in [0.15, 0.2) is 36.4 Å². The lowest BCUT2D eigenvalue weighted by molar-refractivity contribution is -0.384. The Labute approximate surface area is 184 Å². The third-order valence-electron chi connectivity index (χ3n) is 4.94. The number of ether oxygens (including phenoxy) is 1. The largest absolute Gasteiger partial charge is 0.496 e. The highest BCUT2D eigenvalue weighted by molar-refractivity contribution is 7.80. The molecule has 0 aromatic heterocycles. The highest BCUT2D eigenvalue weighted by Crippen LogP contribution is 2.32. The van der Waals surface area contributed by atoms with Gasteiger partial charge in [0.25, 0.3) is 11.6 Å². The van der Waals surface area contributed by atoms with Crippen molar-refractivity contribution >= 4 is 46.2 Å². The van der Waals surface area contributed by atoms with Gasteiger partial charge in [-0.05, 0) is 49.0 Å². The SMILES string of the molecule is COc1ccc(N2CCN(C(=S)NC(=O)c3ccc(C)c(Cl)c3)CC2)c([N+](=O)[O-])c1. The molecule has 1 aliphatic heterocycles. The molecule has 1 saturated heterocycles. The van der Waals surface area contributed by atoms with Gasteiger partial charge in [-0.15, -0.1) is 0 Å². The third-order valence-corrected chi connectivity index (χ3v) is 5.71. The number of hydrogen-bond acceptors (Lipinski definition) is 6. The number of methoxy groups -OCH3 is 1. The number of halogens is 1. The molecule has 1 aliphatic rings. The van der Waals surface area contributed by atoms with Crippen LogP contribution in [0.25, 0.3) is 0 Å². The molecule has 8 nitrogen and oxygen atoms in total. The van der Waals surface area contributed by atoms with Crippen molar-refractivity contribution in [2.24, 2.45) is 0 Å². The smallest absolute Gasteiger partial charge is 0.296 e. The quantitative estimate of drug-likeness (QED) is 0.435. The number of anilines is 1. The van der Waals surface area contributed by atoms with Gasteiger partial charge in [-0.2, -0.15) is 0 Å². The van der Waals surface area contributed by atoms with E-state index in [1.54, 1.807) is 30.3 Å². The fourth-order valence-electron chi connectivity index (χ4n) is 3.18. The Kier molecular flexibility index (Phi) is 6.73. The van der Waals surface area contributed by atoms with Crippen molar-refractivity contribution in [1.29, 1.82) is 0 Å². The summed E-state index contributed by atoms with van der Waals surface area (Å²) in [5, 5.41) is 15.0. The molecule has 158 valence electrons. The first-order valence-corrected chi connectivity index (χ1v) is 10.0. The molecule has 2 aromatic rings. The van der Waals surface area contributed by atoms with Gasteiger partial charge >= 0.3 is 0 Å². The predicted octanol–water partition coefficient (Wildman–Crippen LogP) is 3.40. The molecule has 1 N–H and O–H groups in total. The van der Waals surface area contributed by atoms with Gasteiger partial charge in [0.2, 0.25) is 0 Å². The number of nitro benzene ring substituents is 1. The molecule has 2 aromatic carbocycles. The second-order valence-electron chi connectivity index (χ2n) is 6.81. The highest BCUT2D eigenvalue weighted by Gasteiger charge is 2.26. The zero-order valence-corrected chi connectivity index (χ0v) is 18.1. The summed E-state index contributed by atoms with van der Waals surface area (Å²) in [5.74, 6) is 0.110. The van der Waals surface area contributed by atoms with E-state index in [1.807, 2.05) is 16.7 Å². The lowest BCUT2D eigenvalue weighted by Crippen LogP contribution is -2.52. The Hall–Kier alpha value is -2.91. The van der Waals surface area contributed by atoms with E-state index in [2.05, 4.69) is 5.32 Å². The average molecular weight is 449 g/mol. The van der Waals surface area contributed by atoms with Crippen LogP contribution in [-0.2, 0) is 0 Å². The molecule has 1 amide bonds. The lowest BCUT2D eigenvalue weighted by atomic mass is 10.1. The Balaban J connectivity index is 1.62. The molecule has 0 atom stereocenters. The van der Waals surface area contributed by atoms with Crippen LogP contribution in [0.3, 0.4) is 0 Å². The van der Waals surface area contributed by atoms with E-state index in [1.165, 1.54) is 13.2 Å². The van der Waals surface area contributed by atoms with Crippen LogP contribution < -0.4 is 15.0 Å². The molecule has 0 saturated carbocycles. The highest BCUT2D eigenvalue weighted by atomic mass is 35.5. The average Bonchev–Trinajstić information content (AvgIpc) is 2.75. The van der Waals surface area contributed by atoms with E-state index in [0.29, 0.717) is 53.3 Å². The van der Waals surface area contributed by atoms with E-state index in [4.69, 9.17) is 28.6 Å². The Morgan fingerprint density at radius 1 is 1.20 bits per heavy atom. The van der Waals surface area contributed by atoms with Gasteiger partial charge in [0.15, 0.2) is 5.11 Å². The van der Waals surface area contributed by atoms with Gasteiger partial charge in [-0.25, -0.2) is 0 Å². The summed E-state index contributed by atoms with van der Waals surface area (Å²) in [5.41, 5.74) is 1.85. The minimum Gasteiger partial charge on any atom is -0.496 e. The maximum atomic E-state index is 12.4. The number of hydrogen-bond donors (Lipinski definition) is 1. The molecule has 0 spiro atoms. The van der Waals surface area contributed by atoms with E-state index in [0.717, 1.165) is 5.56 Å². The molecule has 10 heteroatoms. The van der Waals surface area contributed by atoms with Gasteiger partial charge in [0.05, 0.1) is 18.1 Å². The predicted molar refractivity (Wildman–Crippen MR) is 120 cm³/mol. The number of nitrogens with zero attached hydrogens (tertiary/aromatic N) is 3. The first-order chi connectivity index (χ1) is 14.3. The van der Waals surface area contributed by atoms with Crippen molar-refractivity contribution in [3.05, 3.63) is 62.7 Å². The molecule has 0 aliphatic carbocycles. The van der Waals surface area contributed by atoms with Gasteiger partial charge in [-0.3, -0.25) is 20.2 Å². The summed E-state index contributed by atoms with van der Waals surface area (Å²) in [6.45, 7) is 3.97. The van der Waals surface area contributed by atoms with Crippen LogP contribution in [0.5, 0.6) is 5.75 Å². The zero-order valence-electron chi connectivity index (χ0n) is 16.6. The number of aryl methyl sites for hydroxylation is 1. The molecule has 1 fully saturated rings. The Morgan fingerprint density at radius 3 is 2.50 bits per heavy atom. The number of nitrogens with one attached hydrogen (secondary N) is 1. The summed E-state index contributed by atoms with van der Waals surface area (Å²) in [6, 6.07) is 9.88. The van der Waals surface area contributed by atoms with Crippen LogP contribution >= 0.6 is 23.8 Å². The molecule has 3 rings (SSSR count). The number of rotatable bonds is 4. The molecule has 0 radical (unpaired) electrons. The van der Waals surface area contributed by atoms with E-state index < -0.39 is 4.92 Å². The molecule has 30 heavy (non-hydrogen) atoms. The zero-order chi connectivity index (χ0) is 21.8. The molecular weight excluding hydrogens is 428 g/mol. The Morgan fingerprint density at radius 2 is 1.90 bits per heavy atom. The van der Waals surface area contributed by atoms with Crippen molar-refractivity contribution in [3.63, 3.8) is 0 Å². The number of amides is 1. The molecule has 0 bridgehead atoms. The number of carbonyl (C=O) groups excluding carboxylic acids is 1. The minimum atomic E-state index is -0.415. The normalized spacial score (nSPS) is 13.7. The maximum absolute atomic E-state index is 12.4. The van der Waals surface area contributed by atoms with Gasteiger partial charge < -0.3 is 14.5 Å². The van der Waals surface area contributed by atoms with Crippen LogP contribution in [0.4, 0.5) is 11.4 Å². The number of piperazine rings is 1. The second-order valence-corrected chi connectivity index (χ2v) is 7.60. The number of thiocarbonyl (C=S) groups is 1. The monoisotopic (exact) mass is 448 g/mol. The van der Waals surface area contributed by atoms with E-state index in [-0.39, 0.29) is 11.6 Å². The van der Waals surface area contributed by atoms with Crippen molar-refractivity contribution in [2.45, 2.75) is 6.92 Å².